The number of halogens is 2. The van der Waals surface area contributed by atoms with E-state index in [0.29, 0.717) is 0 Å². The minimum Gasteiger partial charge on any atom is -0.322 e. The van der Waals surface area contributed by atoms with E-state index in [-0.39, 0.29) is 6.03 Å². The fraction of sp³-hybridized carbons (Fsp3) is 0.316. The van der Waals surface area contributed by atoms with Gasteiger partial charge in [0.1, 0.15) is 0 Å². The Morgan fingerprint density at radius 3 is 2.32 bits per heavy atom. The number of benzene rings is 2. The van der Waals surface area contributed by atoms with E-state index < -0.39 is 0 Å². The highest BCUT2D eigenvalue weighted by molar-refractivity contribution is 9.13. The second kappa shape index (κ2) is 8.34. The van der Waals surface area contributed by atoms with Gasteiger partial charge in [-0.15, -0.1) is 0 Å². The van der Waals surface area contributed by atoms with E-state index in [1.54, 1.807) is 0 Å². The maximum Gasteiger partial charge on any atom is 0.321 e. The van der Waals surface area contributed by atoms with Crippen LogP contribution in [0.1, 0.15) is 11.1 Å². The average molecular weight is 467 g/mol. The lowest BCUT2D eigenvalue weighted by Gasteiger charge is -2.34. The summed E-state index contributed by atoms with van der Waals surface area (Å²) in [5.74, 6) is 0. The Morgan fingerprint density at radius 1 is 1.00 bits per heavy atom. The van der Waals surface area contributed by atoms with Crippen LogP contribution in [0.4, 0.5) is 10.5 Å². The summed E-state index contributed by atoms with van der Waals surface area (Å²) in [4.78, 5) is 16.6. The molecule has 1 heterocycles. The van der Waals surface area contributed by atoms with Crippen molar-refractivity contribution in [2.24, 2.45) is 0 Å². The molecule has 0 radical (unpaired) electrons. The van der Waals surface area contributed by atoms with Gasteiger partial charge < -0.3 is 10.2 Å². The third kappa shape index (κ3) is 5.06. The molecule has 1 fully saturated rings. The fourth-order valence-electron chi connectivity index (χ4n) is 2.84. The predicted octanol–water partition coefficient (Wildman–Crippen LogP) is 4.87. The van der Waals surface area contributed by atoms with Gasteiger partial charge in [0, 0.05) is 47.4 Å². The molecule has 132 valence electrons. The molecule has 0 saturated carbocycles. The molecule has 0 unspecified atom stereocenters. The monoisotopic (exact) mass is 465 g/mol. The summed E-state index contributed by atoms with van der Waals surface area (Å²) in [6.07, 6.45) is 0. The topological polar surface area (TPSA) is 35.6 Å². The van der Waals surface area contributed by atoms with E-state index in [4.69, 9.17) is 0 Å². The first-order valence-electron chi connectivity index (χ1n) is 8.30. The molecule has 3 rings (SSSR count). The molecule has 1 aliphatic rings. The lowest BCUT2D eigenvalue weighted by atomic mass is 10.2. The number of anilines is 1. The summed E-state index contributed by atoms with van der Waals surface area (Å²) in [5, 5.41) is 2.97. The molecule has 0 aromatic heterocycles. The average Bonchev–Trinajstić information content (AvgIpc) is 2.61. The number of urea groups is 1. The summed E-state index contributed by atoms with van der Waals surface area (Å²) in [7, 11) is 0. The fourth-order valence-corrected chi connectivity index (χ4v) is 3.52. The predicted molar refractivity (Wildman–Crippen MR) is 109 cm³/mol. The lowest BCUT2D eigenvalue weighted by Crippen LogP contribution is -2.49. The van der Waals surface area contributed by atoms with Gasteiger partial charge in [-0.3, -0.25) is 4.90 Å². The van der Waals surface area contributed by atoms with Crippen LogP contribution in [-0.4, -0.2) is 42.0 Å². The zero-order chi connectivity index (χ0) is 17.8. The Bertz CT molecular complexity index is 741. The molecule has 1 saturated heterocycles. The van der Waals surface area contributed by atoms with Crippen LogP contribution in [0.5, 0.6) is 0 Å². The van der Waals surface area contributed by atoms with Crippen LogP contribution >= 0.6 is 31.9 Å². The zero-order valence-corrected chi connectivity index (χ0v) is 17.3. The van der Waals surface area contributed by atoms with Gasteiger partial charge in [0.25, 0.3) is 0 Å². The lowest BCUT2D eigenvalue weighted by molar-refractivity contribution is 0.143. The van der Waals surface area contributed by atoms with E-state index in [2.05, 4.69) is 60.3 Å². The minimum atomic E-state index is -0.0186. The molecule has 25 heavy (non-hydrogen) atoms. The molecule has 6 heteroatoms. The number of carbonyl (C=O) groups is 1. The Labute approximate surface area is 165 Å². The molecule has 2 amide bonds. The number of carbonyl (C=O) groups excluding carboxylic acids is 1. The zero-order valence-electron chi connectivity index (χ0n) is 14.1. The molecular formula is C19H21Br2N3O. The largest absolute Gasteiger partial charge is 0.322 e. The van der Waals surface area contributed by atoms with Crippen molar-refractivity contribution in [3.8, 4) is 0 Å². The van der Waals surface area contributed by atoms with E-state index >= 15 is 0 Å². The van der Waals surface area contributed by atoms with Gasteiger partial charge in [0.15, 0.2) is 0 Å². The quantitative estimate of drug-likeness (QED) is 0.700. The van der Waals surface area contributed by atoms with Crippen molar-refractivity contribution < 1.29 is 4.79 Å². The first-order chi connectivity index (χ1) is 12.0. The Morgan fingerprint density at radius 2 is 1.68 bits per heavy atom. The molecule has 2 aromatic rings. The normalized spacial score (nSPS) is 15.2. The first kappa shape index (κ1) is 18.4. The van der Waals surface area contributed by atoms with Gasteiger partial charge in [0.05, 0.1) is 0 Å². The first-order valence-corrected chi connectivity index (χ1v) is 9.89. The third-order valence-electron chi connectivity index (χ3n) is 4.35. The molecule has 0 spiro atoms. The number of rotatable bonds is 3. The van der Waals surface area contributed by atoms with Crippen molar-refractivity contribution in [2.45, 2.75) is 13.5 Å². The van der Waals surface area contributed by atoms with Crippen LogP contribution in [0.2, 0.25) is 0 Å². The van der Waals surface area contributed by atoms with Crippen molar-refractivity contribution >= 4 is 43.6 Å². The van der Waals surface area contributed by atoms with Crippen LogP contribution in [0.15, 0.2) is 51.4 Å². The maximum absolute atomic E-state index is 12.4. The highest BCUT2D eigenvalue weighted by Crippen LogP contribution is 2.24. The van der Waals surface area contributed by atoms with Crippen molar-refractivity contribution in [2.75, 3.05) is 31.5 Å². The van der Waals surface area contributed by atoms with Crippen molar-refractivity contribution in [1.29, 1.82) is 0 Å². The van der Waals surface area contributed by atoms with Crippen molar-refractivity contribution in [3.05, 3.63) is 62.5 Å². The summed E-state index contributed by atoms with van der Waals surface area (Å²) < 4.78 is 2.13. The molecule has 1 N–H and O–H groups in total. The van der Waals surface area contributed by atoms with E-state index in [9.17, 15) is 4.79 Å². The SMILES string of the molecule is Cc1ccc(NC(=O)N2CCN(Cc3ccc(Br)c(Br)c3)CC2)cc1. The van der Waals surface area contributed by atoms with Gasteiger partial charge in [-0.1, -0.05) is 23.8 Å². The Hall–Kier alpha value is -1.37. The van der Waals surface area contributed by atoms with Crippen LogP contribution in [0, 0.1) is 6.92 Å². The van der Waals surface area contributed by atoms with Crippen LogP contribution in [0.3, 0.4) is 0 Å². The maximum atomic E-state index is 12.4. The molecule has 0 aliphatic carbocycles. The number of hydrogen-bond acceptors (Lipinski definition) is 2. The number of nitrogens with zero attached hydrogens (tertiary/aromatic N) is 2. The van der Waals surface area contributed by atoms with Gasteiger partial charge >= 0.3 is 6.03 Å². The smallest absolute Gasteiger partial charge is 0.321 e. The standard InChI is InChI=1S/C19H21Br2N3O/c1-14-2-5-16(6-3-14)22-19(25)24-10-8-23(9-11-24)13-15-4-7-17(20)18(21)12-15/h2-7,12H,8-11,13H2,1H3,(H,22,25). The Balaban J connectivity index is 1.50. The van der Waals surface area contributed by atoms with Gasteiger partial charge in [0.2, 0.25) is 0 Å². The third-order valence-corrected chi connectivity index (χ3v) is 6.23. The highest BCUT2D eigenvalue weighted by atomic mass is 79.9. The van der Waals surface area contributed by atoms with Crippen LogP contribution in [0.25, 0.3) is 0 Å². The second-order valence-electron chi connectivity index (χ2n) is 6.31. The number of hydrogen-bond donors (Lipinski definition) is 1. The number of piperazine rings is 1. The Kier molecular flexibility index (Phi) is 6.15. The molecule has 0 atom stereocenters. The number of aryl methyl sites for hydroxylation is 1. The van der Waals surface area contributed by atoms with Crippen molar-refractivity contribution in [3.63, 3.8) is 0 Å². The molecule has 0 bridgehead atoms. The van der Waals surface area contributed by atoms with Crippen molar-refractivity contribution in [1.82, 2.24) is 9.80 Å². The van der Waals surface area contributed by atoms with E-state index in [0.717, 1.165) is 47.4 Å². The minimum absolute atomic E-state index is 0.0186. The van der Waals surface area contributed by atoms with E-state index in [1.165, 1.54) is 11.1 Å². The summed E-state index contributed by atoms with van der Waals surface area (Å²) in [6.45, 7) is 6.20. The molecule has 1 aliphatic heterocycles. The van der Waals surface area contributed by atoms with E-state index in [1.807, 2.05) is 36.1 Å². The summed E-state index contributed by atoms with van der Waals surface area (Å²) >= 11 is 7.05. The van der Waals surface area contributed by atoms with Gasteiger partial charge in [-0.05, 0) is 68.6 Å². The van der Waals surface area contributed by atoms with Crippen LogP contribution in [-0.2, 0) is 6.54 Å². The second-order valence-corrected chi connectivity index (χ2v) is 8.02. The van der Waals surface area contributed by atoms with Crippen LogP contribution < -0.4 is 5.32 Å². The number of nitrogens with one attached hydrogen (secondary N) is 1. The summed E-state index contributed by atoms with van der Waals surface area (Å²) in [6, 6.07) is 14.2. The molecule has 2 aromatic carbocycles. The van der Waals surface area contributed by atoms with Gasteiger partial charge in [-0.25, -0.2) is 4.79 Å². The number of amides is 2. The molecular weight excluding hydrogens is 446 g/mol. The molecule has 4 nitrogen and oxygen atoms in total. The highest BCUT2D eigenvalue weighted by Gasteiger charge is 2.21. The van der Waals surface area contributed by atoms with Gasteiger partial charge in [-0.2, -0.15) is 0 Å². The summed E-state index contributed by atoms with van der Waals surface area (Å²) in [5.41, 5.74) is 3.30.